The average Bonchev–Trinajstić information content (AvgIpc) is 2.76. The van der Waals surface area contributed by atoms with Crippen molar-refractivity contribution in [2.45, 2.75) is 32.5 Å². The van der Waals surface area contributed by atoms with Crippen LogP contribution in [0.1, 0.15) is 26.3 Å². The number of aromatic nitrogens is 1. The van der Waals surface area contributed by atoms with Crippen molar-refractivity contribution in [3.8, 4) is 0 Å². The van der Waals surface area contributed by atoms with E-state index in [4.69, 9.17) is 4.74 Å². The molecule has 0 fully saturated rings. The molecule has 3 nitrogen and oxygen atoms in total. The first-order valence-electron chi connectivity index (χ1n) is 6.66. The number of fused-ring (bicyclic) bond motifs is 1. The monoisotopic (exact) mass is 311 g/mol. The van der Waals surface area contributed by atoms with E-state index < -0.39 is 17.9 Å². The highest BCUT2D eigenvalue weighted by Gasteiger charge is 2.22. The molecule has 0 saturated heterocycles. The second-order valence-electron chi connectivity index (χ2n) is 5.86. The molecule has 0 N–H and O–H groups in total. The van der Waals surface area contributed by atoms with Gasteiger partial charge in [0.1, 0.15) is 5.60 Å². The molecule has 1 aromatic heterocycles. The van der Waals surface area contributed by atoms with Crippen molar-refractivity contribution < 1.29 is 22.7 Å². The zero-order valence-electron chi connectivity index (χ0n) is 12.4. The lowest BCUT2D eigenvalue weighted by Crippen LogP contribution is -2.26. The van der Waals surface area contributed by atoms with Crippen LogP contribution < -0.4 is 0 Å². The Bertz CT molecular complexity index is 721. The van der Waals surface area contributed by atoms with E-state index in [1.807, 2.05) is 0 Å². The molecule has 1 heterocycles. The van der Waals surface area contributed by atoms with Crippen LogP contribution in [0.5, 0.6) is 0 Å². The summed E-state index contributed by atoms with van der Waals surface area (Å²) >= 11 is 0. The molecule has 0 bridgehead atoms. The molecule has 0 unspecified atom stereocenters. The first-order valence-corrected chi connectivity index (χ1v) is 6.66. The topological polar surface area (TPSA) is 31.2 Å². The van der Waals surface area contributed by atoms with Gasteiger partial charge in [0.25, 0.3) is 0 Å². The fraction of sp³-hybridized carbons (Fsp3) is 0.312. The third-order valence-corrected chi connectivity index (χ3v) is 2.77. The van der Waals surface area contributed by atoms with E-state index in [1.54, 1.807) is 39.0 Å². The van der Waals surface area contributed by atoms with Crippen molar-refractivity contribution in [3.05, 3.63) is 42.1 Å². The van der Waals surface area contributed by atoms with Gasteiger partial charge in [0.2, 0.25) is 0 Å². The SMILES string of the molecule is CC(C)(C)OC(=O)n1ccc2cc(/C=C\C(F)(F)F)ccc21. The van der Waals surface area contributed by atoms with E-state index in [2.05, 4.69) is 0 Å². The molecule has 0 spiro atoms. The number of hydrogen-bond donors (Lipinski definition) is 0. The molecular formula is C16H16F3NO2. The summed E-state index contributed by atoms with van der Waals surface area (Å²) in [5.41, 5.74) is 0.369. The molecule has 6 heteroatoms. The third-order valence-electron chi connectivity index (χ3n) is 2.77. The number of carbonyl (C=O) groups is 1. The second kappa shape index (κ2) is 5.51. The van der Waals surface area contributed by atoms with E-state index in [-0.39, 0.29) is 6.08 Å². The first-order chi connectivity index (χ1) is 10.1. The summed E-state index contributed by atoms with van der Waals surface area (Å²) in [6.45, 7) is 5.28. The van der Waals surface area contributed by atoms with Crippen LogP contribution in [0.15, 0.2) is 36.5 Å². The molecule has 118 valence electrons. The lowest BCUT2D eigenvalue weighted by atomic mass is 10.1. The molecule has 0 aliphatic heterocycles. The van der Waals surface area contributed by atoms with Crippen LogP contribution >= 0.6 is 0 Å². The number of ether oxygens (including phenoxy) is 1. The van der Waals surface area contributed by atoms with E-state index >= 15 is 0 Å². The van der Waals surface area contributed by atoms with Gasteiger partial charge in [-0.25, -0.2) is 4.79 Å². The Kier molecular flexibility index (Phi) is 4.04. The predicted octanol–water partition coefficient (Wildman–Crippen LogP) is 5.00. The Morgan fingerprint density at radius 2 is 1.86 bits per heavy atom. The van der Waals surface area contributed by atoms with Gasteiger partial charge in [0.05, 0.1) is 5.52 Å². The van der Waals surface area contributed by atoms with Gasteiger partial charge in [-0.3, -0.25) is 4.57 Å². The maximum atomic E-state index is 12.2. The molecule has 0 radical (unpaired) electrons. The number of halogens is 3. The summed E-state index contributed by atoms with van der Waals surface area (Å²) in [5, 5.41) is 0.662. The number of alkyl halides is 3. The number of benzene rings is 1. The summed E-state index contributed by atoms with van der Waals surface area (Å²) in [6.07, 6.45) is -2.17. The smallest absolute Gasteiger partial charge is 0.418 e. The molecule has 22 heavy (non-hydrogen) atoms. The molecule has 0 saturated carbocycles. The number of hydrogen-bond acceptors (Lipinski definition) is 2. The minimum absolute atomic E-state index is 0.180. The second-order valence-corrected chi connectivity index (χ2v) is 5.86. The van der Waals surface area contributed by atoms with Crippen molar-refractivity contribution in [1.29, 1.82) is 0 Å². The average molecular weight is 311 g/mol. The lowest BCUT2D eigenvalue weighted by molar-refractivity contribution is -0.0790. The van der Waals surface area contributed by atoms with Crippen LogP contribution in [0.2, 0.25) is 0 Å². The number of allylic oxidation sites excluding steroid dienone is 1. The maximum Gasteiger partial charge on any atom is 0.418 e. The Morgan fingerprint density at radius 3 is 2.45 bits per heavy atom. The van der Waals surface area contributed by atoms with Crippen molar-refractivity contribution in [2.24, 2.45) is 0 Å². The zero-order valence-corrected chi connectivity index (χ0v) is 12.4. The van der Waals surface area contributed by atoms with Crippen molar-refractivity contribution in [2.75, 3.05) is 0 Å². The first kappa shape index (κ1) is 16.1. The van der Waals surface area contributed by atoms with Gasteiger partial charge in [-0.2, -0.15) is 13.2 Å². The van der Waals surface area contributed by atoms with Gasteiger partial charge in [0, 0.05) is 17.7 Å². The highest BCUT2D eigenvalue weighted by atomic mass is 19.4. The largest absolute Gasteiger partial charge is 0.443 e. The Hall–Kier alpha value is -2.24. The highest BCUT2D eigenvalue weighted by molar-refractivity contribution is 5.90. The summed E-state index contributed by atoms with van der Waals surface area (Å²) < 4.78 is 43.1. The van der Waals surface area contributed by atoms with Crippen LogP contribution in [0.4, 0.5) is 18.0 Å². The summed E-state index contributed by atoms with van der Waals surface area (Å²) in [5.74, 6) is 0. The summed E-state index contributed by atoms with van der Waals surface area (Å²) in [6, 6.07) is 6.35. The van der Waals surface area contributed by atoms with E-state index in [0.717, 1.165) is 6.08 Å². The molecule has 1 aromatic carbocycles. The molecular weight excluding hydrogens is 295 g/mol. The Labute approximate surface area is 126 Å². The summed E-state index contributed by atoms with van der Waals surface area (Å²) in [7, 11) is 0. The Morgan fingerprint density at radius 1 is 1.18 bits per heavy atom. The molecule has 0 atom stereocenters. The summed E-state index contributed by atoms with van der Waals surface area (Å²) in [4.78, 5) is 12.1. The quantitative estimate of drug-likeness (QED) is 0.742. The fourth-order valence-electron chi connectivity index (χ4n) is 1.93. The highest BCUT2D eigenvalue weighted by Crippen LogP contribution is 2.22. The molecule has 0 amide bonds. The third kappa shape index (κ3) is 4.13. The van der Waals surface area contributed by atoms with Crippen LogP contribution in [0.3, 0.4) is 0 Å². The van der Waals surface area contributed by atoms with Gasteiger partial charge in [0.15, 0.2) is 0 Å². The predicted molar refractivity (Wildman–Crippen MR) is 78.7 cm³/mol. The van der Waals surface area contributed by atoms with Gasteiger partial charge >= 0.3 is 12.3 Å². The lowest BCUT2D eigenvalue weighted by Gasteiger charge is -2.19. The Balaban J connectivity index is 2.31. The van der Waals surface area contributed by atoms with Crippen molar-refractivity contribution >= 4 is 23.1 Å². The molecule has 0 aliphatic rings. The number of carbonyl (C=O) groups excluding carboxylic acids is 1. The normalized spacial score (nSPS) is 13.0. The standard InChI is InChI=1S/C16H16F3NO2/c1-15(2,3)22-14(21)20-9-7-12-10-11(4-5-13(12)20)6-8-16(17,18)19/h4-10H,1-3H3/b8-6-. The van der Waals surface area contributed by atoms with Crippen molar-refractivity contribution in [3.63, 3.8) is 0 Å². The van der Waals surface area contributed by atoms with E-state index in [0.29, 0.717) is 16.5 Å². The minimum Gasteiger partial charge on any atom is -0.443 e. The molecule has 2 aromatic rings. The fourth-order valence-corrected chi connectivity index (χ4v) is 1.93. The van der Waals surface area contributed by atoms with Gasteiger partial charge < -0.3 is 4.74 Å². The van der Waals surface area contributed by atoms with Crippen LogP contribution in [-0.4, -0.2) is 22.4 Å². The zero-order chi connectivity index (χ0) is 16.5. The van der Waals surface area contributed by atoms with Crippen LogP contribution in [0.25, 0.3) is 17.0 Å². The maximum absolute atomic E-state index is 12.2. The van der Waals surface area contributed by atoms with Gasteiger partial charge in [-0.1, -0.05) is 12.1 Å². The molecule has 2 rings (SSSR count). The molecule has 0 aliphatic carbocycles. The van der Waals surface area contributed by atoms with Gasteiger partial charge in [-0.05, 0) is 44.5 Å². The van der Waals surface area contributed by atoms with E-state index in [1.165, 1.54) is 16.8 Å². The minimum atomic E-state index is -4.35. The number of rotatable bonds is 1. The van der Waals surface area contributed by atoms with E-state index in [9.17, 15) is 18.0 Å². The van der Waals surface area contributed by atoms with Crippen LogP contribution in [0, 0.1) is 0 Å². The number of nitrogens with zero attached hydrogens (tertiary/aromatic N) is 1. The van der Waals surface area contributed by atoms with Crippen LogP contribution in [-0.2, 0) is 4.74 Å². The van der Waals surface area contributed by atoms with Crippen molar-refractivity contribution in [1.82, 2.24) is 4.57 Å². The van der Waals surface area contributed by atoms with Gasteiger partial charge in [-0.15, -0.1) is 0 Å².